The van der Waals surface area contributed by atoms with Crippen LogP contribution in [0.25, 0.3) is 0 Å². The molecule has 0 bridgehead atoms. The van der Waals surface area contributed by atoms with Gasteiger partial charge in [-0.3, -0.25) is 0 Å². The van der Waals surface area contributed by atoms with E-state index < -0.39 is 0 Å². The molecular formula is C22H30N2O. The van der Waals surface area contributed by atoms with Gasteiger partial charge in [0.05, 0.1) is 0 Å². The molecule has 0 aliphatic heterocycles. The SMILES string of the molecule is CCc1ccc(CCNC(=O)Nc2c(C)cccc2C(C)(C)C)cc1. The number of rotatable bonds is 5. The zero-order valence-electron chi connectivity index (χ0n) is 16.1. The number of hydrogen-bond acceptors (Lipinski definition) is 1. The van der Waals surface area contributed by atoms with Crippen LogP contribution >= 0.6 is 0 Å². The van der Waals surface area contributed by atoms with Crippen LogP contribution in [0.4, 0.5) is 10.5 Å². The second-order valence-corrected chi connectivity index (χ2v) is 7.55. The second-order valence-electron chi connectivity index (χ2n) is 7.55. The van der Waals surface area contributed by atoms with Crippen LogP contribution < -0.4 is 10.6 Å². The van der Waals surface area contributed by atoms with Crippen LogP contribution in [0.1, 0.15) is 49.9 Å². The lowest BCUT2D eigenvalue weighted by molar-refractivity contribution is 0.252. The summed E-state index contributed by atoms with van der Waals surface area (Å²) < 4.78 is 0. The minimum absolute atomic E-state index is 0.0182. The van der Waals surface area contributed by atoms with E-state index >= 15 is 0 Å². The molecule has 2 N–H and O–H groups in total. The van der Waals surface area contributed by atoms with Gasteiger partial charge in [0.2, 0.25) is 0 Å². The fraction of sp³-hybridized carbons (Fsp3) is 0.409. The summed E-state index contributed by atoms with van der Waals surface area (Å²) in [7, 11) is 0. The van der Waals surface area contributed by atoms with Crippen molar-refractivity contribution in [2.45, 2.75) is 52.9 Å². The number of hydrogen-bond donors (Lipinski definition) is 2. The smallest absolute Gasteiger partial charge is 0.319 e. The van der Waals surface area contributed by atoms with Crippen LogP contribution in [0.15, 0.2) is 42.5 Å². The van der Waals surface area contributed by atoms with Gasteiger partial charge in [-0.1, -0.05) is 70.2 Å². The topological polar surface area (TPSA) is 41.1 Å². The maximum Gasteiger partial charge on any atom is 0.319 e. The van der Waals surface area contributed by atoms with E-state index in [2.05, 4.69) is 68.7 Å². The molecule has 0 saturated carbocycles. The summed E-state index contributed by atoms with van der Waals surface area (Å²) in [6, 6.07) is 14.6. The van der Waals surface area contributed by atoms with Gasteiger partial charge in [-0.2, -0.15) is 0 Å². The number of benzene rings is 2. The first kappa shape index (κ1) is 19.0. The molecule has 0 spiro atoms. The average molecular weight is 338 g/mol. The highest BCUT2D eigenvalue weighted by Crippen LogP contribution is 2.31. The van der Waals surface area contributed by atoms with Crippen molar-refractivity contribution in [2.75, 3.05) is 11.9 Å². The van der Waals surface area contributed by atoms with Crippen molar-refractivity contribution < 1.29 is 4.79 Å². The number of para-hydroxylation sites is 1. The first-order valence-electron chi connectivity index (χ1n) is 9.04. The van der Waals surface area contributed by atoms with Crippen LogP contribution in [0.3, 0.4) is 0 Å². The summed E-state index contributed by atoms with van der Waals surface area (Å²) in [4.78, 5) is 12.3. The summed E-state index contributed by atoms with van der Waals surface area (Å²) in [5.41, 5.74) is 5.71. The first-order chi connectivity index (χ1) is 11.8. The molecule has 3 nitrogen and oxygen atoms in total. The molecule has 0 aliphatic carbocycles. The van der Waals surface area contributed by atoms with Crippen molar-refractivity contribution >= 4 is 11.7 Å². The molecule has 2 aromatic carbocycles. The zero-order valence-corrected chi connectivity index (χ0v) is 16.1. The molecule has 0 atom stereocenters. The number of anilines is 1. The van der Waals surface area contributed by atoms with E-state index in [9.17, 15) is 4.79 Å². The lowest BCUT2D eigenvalue weighted by Crippen LogP contribution is -2.31. The molecule has 0 radical (unpaired) electrons. The molecule has 0 heterocycles. The Morgan fingerprint density at radius 3 is 2.24 bits per heavy atom. The third kappa shape index (κ3) is 5.35. The van der Waals surface area contributed by atoms with Gasteiger partial charge >= 0.3 is 6.03 Å². The number of amides is 2. The van der Waals surface area contributed by atoms with Gasteiger partial charge in [-0.15, -0.1) is 0 Å². The van der Waals surface area contributed by atoms with Crippen LogP contribution in [-0.4, -0.2) is 12.6 Å². The number of carbonyl (C=O) groups is 1. The van der Waals surface area contributed by atoms with Gasteiger partial charge in [-0.25, -0.2) is 4.79 Å². The fourth-order valence-corrected chi connectivity index (χ4v) is 2.88. The normalized spacial score (nSPS) is 11.2. The van der Waals surface area contributed by atoms with Crippen molar-refractivity contribution in [3.05, 3.63) is 64.7 Å². The predicted octanol–water partition coefficient (Wildman–Crippen LogP) is 5.22. The van der Waals surface area contributed by atoms with Crippen molar-refractivity contribution in [1.29, 1.82) is 0 Å². The molecule has 0 fully saturated rings. The fourth-order valence-electron chi connectivity index (χ4n) is 2.88. The molecule has 2 aromatic rings. The highest BCUT2D eigenvalue weighted by Gasteiger charge is 2.20. The number of nitrogens with one attached hydrogen (secondary N) is 2. The van der Waals surface area contributed by atoms with Gasteiger partial charge in [0.25, 0.3) is 0 Å². The van der Waals surface area contributed by atoms with Crippen LogP contribution in [0, 0.1) is 6.92 Å². The second kappa shape index (κ2) is 8.19. The van der Waals surface area contributed by atoms with E-state index in [0.717, 1.165) is 29.7 Å². The van der Waals surface area contributed by atoms with Crippen molar-refractivity contribution in [1.82, 2.24) is 5.32 Å². The van der Waals surface area contributed by atoms with Gasteiger partial charge in [0.15, 0.2) is 0 Å². The molecule has 0 aromatic heterocycles. The van der Waals surface area contributed by atoms with Gasteiger partial charge in [-0.05, 0) is 47.4 Å². The molecule has 2 rings (SSSR count). The highest BCUT2D eigenvalue weighted by molar-refractivity contribution is 5.91. The Hall–Kier alpha value is -2.29. The van der Waals surface area contributed by atoms with E-state index in [1.165, 1.54) is 11.1 Å². The minimum atomic E-state index is -0.148. The van der Waals surface area contributed by atoms with Crippen molar-refractivity contribution in [2.24, 2.45) is 0 Å². The highest BCUT2D eigenvalue weighted by atomic mass is 16.2. The van der Waals surface area contributed by atoms with E-state index in [0.29, 0.717) is 6.54 Å². The predicted molar refractivity (Wildman–Crippen MR) is 106 cm³/mol. The monoisotopic (exact) mass is 338 g/mol. The Morgan fingerprint density at radius 2 is 1.64 bits per heavy atom. The van der Waals surface area contributed by atoms with E-state index in [-0.39, 0.29) is 11.4 Å². The Labute approximate surface area is 151 Å². The quantitative estimate of drug-likeness (QED) is 0.771. The standard InChI is InChI=1S/C22H30N2O/c1-6-17-10-12-18(13-11-17)14-15-23-21(25)24-20-16(2)8-7-9-19(20)22(3,4)5/h7-13H,6,14-15H2,1-5H3,(H2,23,24,25). The lowest BCUT2D eigenvalue weighted by atomic mass is 9.84. The lowest BCUT2D eigenvalue weighted by Gasteiger charge is -2.24. The molecule has 25 heavy (non-hydrogen) atoms. The third-order valence-electron chi connectivity index (χ3n) is 4.45. The molecule has 0 unspecified atom stereocenters. The summed E-state index contributed by atoms with van der Waals surface area (Å²) in [6.45, 7) is 11.3. The third-order valence-corrected chi connectivity index (χ3v) is 4.45. The molecule has 0 aliphatic rings. The Balaban J connectivity index is 1.94. The average Bonchev–Trinajstić information content (AvgIpc) is 2.56. The largest absolute Gasteiger partial charge is 0.338 e. The van der Waals surface area contributed by atoms with Gasteiger partial charge < -0.3 is 10.6 Å². The number of aryl methyl sites for hydroxylation is 2. The van der Waals surface area contributed by atoms with E-state index in [4.69, 9.17) is 0 Å². The van der Waals surface area contributed by atoms with Gasteiger partial charge in [0.1, 0.15) is 0 Å². The first-order valence-corrected chi connectivity index (χ1v) is 9.04. The molecular weight excluding hydrogens is 308 g/mol. The van der Waals surface area contributed by atoms with Crippen LogP contribution in [0.5, 0.6) is 0 Å². The minimum Gasteiger partial charge on any atom is -0.338 e. The van der Waals surface area contributed by atoms with E-state index in [1.54, 1.807) is 0 Å². The summed E-state index contributed by atoms with van der Waals surface area (Å²) >= 11 is 0. The number of urea groups is 1. The number of carbonyl (C=O) groups excluding carboxylic acids is 1. The Bertz CT molecular complexity index is 712. The zero-order chi connectivity index (χ0) is 18.4. The maximum atomic E-state index is 12.3. The summed E-state index contributed by atoms with van der Waals surface area (Å²) in [6.07, 6.45) is 1.88. The summed E-state index contributed by atoms with van der Waals surface area (Å²) in [5, 5.41) is 6.00. The molecule has 134 valence electrons. The molecule has 3 heteroatoms. The van der Waals surface area contributed by atoms with Crippen LogP contribution in [0.2, 0.25) is 0 Å². The molecule has 0 saturated heterocycles. The summed E-state index contributed by atoms with van der Waals surface area (Å²) in [5.74, 6) is 0. The van der Waals surface area contributed by atoms with Crippen LogP contribution in [-0.2, 0) is 18.3 Å². The van der Waals surface area contributed by atoms with E-state index in [1.807, 2.05) is 19.1 Å². The van der Waals surface area contributed by atoms with Crippen molar-refractivity contribution in [3.8, 4) is 0 Å². The Morgan fingerprint density at radius 1 is 1.00 bits per heavy atom. The molecule has 2 amide bonds. The van der Waals surface area contributed by atoms with Gasteiger partial charge in [0, 0.05) is 12.2 Å². The Kier molecular flexibility index (Phi) is 6.24. The van der Waals surface area contributed by atoms with Crippen molar-refractivity contribution in [3.63, 3.8) is 0 Å². The maximum absolute atomic E-state index is 12.3.